The topological polar surface area (TPSA) is 79.2 Å². The van der Waals surface area contributed by atoms with Crippen LogP contribution >= 0.6 is 0 Å². The molecule has 3 aromatic carbocycles. The van der Waals surface area contributed by atoms with Crippen molar-refractivity contribution in [1.82, 2.24) is 0 Å². The van der Waals surface area contributed by atoms with Gasteiger partial charge in [-0.3, -0.25) is 0 Å². The van der Waals surface area contributed by atoms with Crippen LogP contribution < -0.4 is 9.47 Å². The fraction of sp³-hybridized carbons (Fsp3) is 0.100. The van der Waals surface area contributed by atoms with Gasteiger partial charge >= 0.3 is 0 Å². The van der Waals surface area contributed by atoms with Gasteiger partial charge in [-0.1, -0.05) is 0 Å². The molecular formula is C20H18O5. The van der Waals surface area contributed by atoms with Gasteiger partial charge in [0.05, 0.1) is 0 Å². The molecule has 5 nitrogen and oxygen atoms in total. The maximum Gasteiger partial charge on any atom is 0.169 e. The van der Waals surface area contributed by atoms with Crippen LogP contribution in [0.2, 0.25) is 0 Å². The Balaban J connectivity index is 1.78. The van der Waals surface area contributed by atoms with Crippen LogP contribution in [0.25, 0.3) is 0 Å². The summed E-state index contributed by atoms with van der Waals surface area (Å²) in [5.74, 6) is 2.09. The molecule has 3 rings (SSSR count). The molecule has 0 atom stereocenters. The van der Waals surface area contributed by atoms with Crippen LogP contribution in [0.1, 0.15) is 11.1 Å². The number of hydrogen-bond acceptors (Lipinski definition) is 5. The van der Waals surface area contributed by atoms with Crippen LogP contribution in [-0.2, 0) is 0 Å². The van der Waals surface area contributed by atoms with Gasteiger partial charge in [0.2, 0.25) is 0 Å². The zero-order chi connectivity index (χ0) is 18.0. The zero-order valence-corrected chi connectivity index (χ0v) is 13.9. The average Bonchev–Trinajstić information content (AvgIpc) is 2.57. The number of aromatic hydroxyl groups is 3. The fourth-order valence-electron chi connectivity index (χ4n) is 2.29. The van der Waals surface area contributed by atoms with E-state index in [-0.39, 0.29) is 23.0 Å². The molecular weight excluding hydrogens is 320 g/mol. The van der Waals surface area contributed by atoms with Crippen molar-refractivity contribution in [3.05, 3.63) is 65.7 Å². The summed E-state index contributed by atoms with van der Waals surface area (Å²) in [6, 6.07) is 14.4. The van der Waals surface area contributed by atoms with Gasteiger partial charge in [-0.2, -0.15) is 0 Å². The lowest BCUT2D eigenvalue weighted by Gasteiger charge is -2.11. The minimum atomic E-state index is -0.0706. The molecule has 3 aromatic rings. The summed E-state index contributed by atoms with van der Waals surface area (Å²) in [7, 11) is 0. The molecule has 0 bridgehead atoms. The molecule has 0 radical (unpaired) electrons. The van der Waals surface area contributed by atoms with Crippen molar-refractivity contribution < 1.29 is 24.8 Å². The van der Waals surface area contributed by atoms with Crippen molar-refractivity contribution >= 4 is 0 Å². The highest BCUT2D eigenvalue weighted by Gasteiger charge is 2.08. The molecule has 0 aromatic heterocycles. The lowest BCUT2D eigenvalue weighted by molar-refractivity contribution is 0.403. The summed E-state index contributed by atoms with van der Waals surface area (Å²) < 4.78 is 11.3. The Kier molecular flexibility index (Phi) is 4.39. The standard InChI is InChI=1S/C20H18O5/c1-12-9-14(3-6-17(12)21)24-16-5-8-20(19(23)11-16)25-15-4-7-18(22)13(2)10-15/h3-11,21-23H,1-2H3. The summed E-state index contributed by atoms with van der Waals surface area (Å²) in [4.78, 5) is 0. The predicted molar refractivity (Wildman–Crippen MR) is 93.9 cm³/mol. The van der Waals surface area contributed by atoms with E-state index in [4.69, 9.17) is 9.47 Å². The van der Waals surface area contributed by atoms with Crippen molar-refractivity contribution in [1.29, 1.82) is 0 Å². The van der Waals surface area contributed by atoms with E-state index >= 15 is 0 Å². The zero-order valence-electron chi connectivity index (χ0n) is 13.9. The van der Waals surface area contributed by atoms with Gasteiger partial charge in [0.25, 0.3) is 0 Å². The third kappa shape index (κ3) is 3.77. The molecule has 0 heterocycles. The molecule has 0 aliphatic rings. The Morgan fingerprint density at radius 2 is 1.04 bits per heavy atom. The molecule has 0 aliphatic heterocycles. The van der Waals surface area contributed by atoms with E-state index in [0.717, 1.165) is 0 Å². The van der Waals surface area contributed by atoms with E-state index in [0.29, 0.717) is 28.4 Å². The summed E-state index contributed by atoms with van der Waals surface area (Å²) in [6.45, 7) is 3.54. The van der Waals surface area contributed by atoms with E-state index in [1.165, 1.54) is 12.1 Å². The van der Waals surface area contributed by atoms with Crippen molar-refractivity contribution in [3.63, 3.8) is 0 Å². The van der Waals surface area contributed by atoms with E-state index < -0.39 is 0 Å². The Morgan fingerprint density at radius 1 is 0.560 bits per heavy atom. The lowest BCUT2D eigenvalue weighted by Crippen LogP contribution is -1.88. The number of hydrogen-bond donors (Lipinski definition) is 3. The first kappa shape index (κ1) is 16.5. The molecule has 0 fully saturated rings. The second kappa shape index (κ2) is 6.65. The SMILES string of the molecule is Cc1cc(Oc2ccc(Oc3ccc(O)c(C)c3)c(O)c2)ccc1O. The van der Waals surface area contributed by atoms with Gasteiger partial charge in [0.1, 0.15) is 28.7 Å². The third-order valence-electron chi connectivity index (χ3n) is 3.73. The third-order valence-corrected chi connectivity index (χ3v) is 3.73. The second-order valence-electron chi connectivity index (χ2n) is 5.73. The van der Waals surface area contributed by atoms with Crippen molar-refractivity contribution in [2.45, 2.75) is 13.8 Å². The van der Waals surface area contributed by atoms with Crippen LogP contribution in [-0.4, -0.2) is 15.3 Å². The predicted octanol–water partition coefficient (Wildman–Crippen LogP) is 5.00. The highest BCUT2D eigenvalue weighted by molar-refractivity contribution is 5.49. The lowest BCUT2D eigenvalue weighted by atomic mass is 10.2. The van der Waals surface area contributed by atoms with E-state index in [9.17, 15) is 15.3 Å². The molecule has 3 N–H and O–H groups in total. The van der Waals surface area contributed by atoms with Crippen LogP contribution in [0.4, 0.5) is 0 Å². The molecule has 0 aliphatic carbocycles. The van der Waals surface area contributed by atoms with Gasteiger partial charge in [-0.15, -0.1) is 0 Å². The Morgan fingerprint density at radius 3 is 1.56 bits per heavy atom. The number of phenolic OH excluding ortho intramolecular Hbond substituents is 3. The largest absolute Gasteiger partial charge is 0.508 e. The van der Waals surface area contributed by atoms with Crippen LogP contribution in [0.5, 0.6) is 40.2 Å². The first-order valence-electron chi connectivity index (χ1n) is 7.70. The average molecular weight is 338 g/mol. The van der Waals surface area contributed by atoms with Crippen molar-refractivity contribution in [3.8, 4) is 40.2 Å². The smallest absolute Gasteiger partial charge is 0.169 e. The minimum absolute atomic E-state index is 0.0706. The van der Waals surface area contributed by atoms with E-state index in [1.54, 1.807) is 56.3 Å². The molecule has 0 unspecified atom stereocenters. The van der Waals surface area contributed by atoms with Gasteiger partial charge in [0, 0.05) is 6.07 Å². The summed E-state index contributed by atoms with van der Waals surface area (Å²) in [5.41, 5.74) is 1.38. The van der Waals surface area contributed by atoms with Gasteiger partial charge in [-0.25, -0.2) is 0 Å². The van der Waals surface area contributed by atoms with Gasteiger partial charge < -0.3 is 24.8 Å². The van der Waals surface area contributed by atoms with Crippen LogP contribution in [0, 0.1) is 13.8 Å². The monoisotopic (exact) mass is 338 g/mol. The van der Waals surface area contributed by atoms with Crippen LogP contribution in [0.3, 0.4) is 0 Å². The van der Waals surface area contributed by atoms with Crippen molar-refractivity contribution in [2.24, 2.45) is 0 Å². The Bertz CT molecular complexity index is 918. The first-order valence-corrected chi connectivity index (χ1v) is 7.70. The number of rotatable bonds is 4. The number of aryl methyl sites for hydroxylation is 2. The first-order chi connectivity index (χ1) is 11.9. The van der Waals surface area contributed by atoms with Gasteiger partial charge in [0.15, 0.2) is 11.5 Å². The Labute approximate surface area is 145 Å². The maximum atomic E-state index is 10.2. The second-order valence-corrected chi connectivity index (χ2v) is 5.73. The normalized spacial score (nSPS) is 10.5. The maximum absolute atomic E-state index is 10.2. The van der Waals surface area contributed by atoms with Gasteiger partial charge in [-0.05, 0) is 73.5 Å². The molecule has 0 saturated heterocycles. The number of phenols is 3. The van der Waals surface area contributed by atoms with Crippen molar-refractivity contribution in [2.75, 3.05) is 0 Å². The van der Waals surface area contributed by atoms with Crippen LogP contribution in [0.15, 0.2) is 54.6 Å². The summed E-state index contributed by atoms with van der Waals surface area (Å²) >= 11 is 0. The fourth-order valence-corrected chi connectivity index (χ4v) is 2.29. The molecule has 0 spiro atoms. The Hall–Kier alpha value is -3.34. The number of benzene rings is 3. The number of ether oxygens (including phenoxy) is 2. The molecule has 128 valence electrons. The summed E-state index contributed by atoms with van der Waals surface area (Å²) in [5, 5.41) is 29.2. The molecule has 0 saturated carbocycles. The highest BCUT2D eigenvalue weighted by Crippen LogP contribution is 2.36. The quantitative estimate of drug-likeness (QED) is 0.623. The van der Waals surface area contributed by atoms with E-state index in [2.05, 4.69) is 0 Å². The van der Waals surface area contributed by atoms with E-state index in [1.807, 2.05) is 0 Å². The molecule has 25 heavy (non-hydrogen) atoms. The molecule has 5 heteroatoms. The molecule has 0 amide bonds. The summed E-state index contributed by atoms with van der Waals surface area (Å²) in [6.07, 6.45) is 0. The highest BCUT2D eigenvalue weighted by atomic mass is 16.5. The minimum Gasteiger partial charge on any atom is -0.508 e.